The minimum absolute atomic E-state index is 0.0656. The summed E-state index contributed by atoms with van der Waals surface area (Å²) in [4.78, 5) is 11.2. The van der Waals surface area contributed by atoms with Crippen molar-refractivity contribution in [2.45, 2.75) is 52.5 Å². The molecule has 0 amide bonds. The molecule has 0 aliphatic carbocycles. The van der Waals surface area contributed by atoms with Gasteiger partial charge < -0.3 is 19.4 Å². The third-order valence-corrected chi connectivity index (χ3v) is 4.42. The lowest BCUT2D eigenvalue weighted by atomic mass is 9.83. The summed E-state index contributed by atoms with van der Waals surface area (Å²) in [7, 11) is 0.381. The van der Waals surface area contributed by atoms with Crippen molar-refractivity contribution in [1.82, 2.24) is 0 Å². The highest BCUT2D eigenvalue weighted by atomic mass is 28.3. The number of nitro groups is 1. The molecule has 0 saturated heterocycles. The van der Waals surface area contributed by atoms with Gasteiger partial charge in [-0.15, -0.1) is 0 Å². The van der Waals surface area contributed by atoms with Crippen molar-refractivity contribution < 1.29 is 24.3 Å². The molecule has 0 heterocycles. The lowest BCUT2D eigenvalue weighted by molar-refractivity contribution is -0.386. The lowest BCUT2D eigenvalue weighted by Crippen LogP contribution is -2.27. The van der Waals surface area contributed by atoms with Gasteiger partial charge in [-0.1, -0.05) is 20.8 Å². The SMILES string of the molecule is COc1cc(C(O[Si](C)C)C(C)(C)C)c([N+](=O)[O-])cc1CC(O)CO. The van der Waals surface area contributed by atoms with E-state index in [9.17, 15) is 15.2 Å². The van der Waals surface area contributed by atoms with Crippen molar-refractivity contribution in [1.29, 1.82) is 0 Å². The van der Waals surface area contributed by atoms with E-state index in [1.165, 1.54) is 13.2 Å². The molecule has 2 unspecified atom stereocenters. The molecule has 25 heavy (non-hydrogen) atoms. The summed E-state index contributed by atoms with van der Waals surface area (Å²) in [5, 5.41) is 30.4. The Labute approximate surface area is 150 Å². The molecule has 0 spiro atoms. The van der Waals surface area contributed by atoms with E-state index < -0.39 is 32.8 Å². The third-order valence-electron chi connectivity index (χ3n) is 3.72. The Morgan fingerprint density at radius 2 is 1.92 bits per heavy atom. The molecule has 0 bridgehead atoms. The third kappa shape index (κ3) is 5.77. The maximum atomic E-state index is 11.7. The van der Waals surface area contributed by atoms with E-state index in [-0.39, 0.29) is 17.5 Å². The molecule has 8 heteroatoms. The van der Waals surface area contributed by atoms with Gasteiger partial charge in [-0.3, -0.25) is 10.1 Å². The minimum Gasteiger partial charge on any atom is -0.496 e. The quantitative estimate of drug-likeness (QED) is 0.414. The van der Waals surface area contributed by atoms with Crippen molar-refractivity contribution in [3.05, 3.63) is 33.4 Å². The number of nitrogens with zero attached hydrogens (tertiary/aromatic N) is 1. The van der Waals surface area contributed by atoms with E-state index in [0.29, 0.717) is 16.9 Å². The lowest BCUT2D eigenvalue weighted by Gasteiger charge is -2.32. The average Bonchev–Trinajstić information content (AvgIpc) is 2.50. The van der Waals surface area contributed by atoms with Crippen molar-refractivity contribution in [3.63, 3.8) is 0 Å². The van der Waals surface area contributed by atoms with E-state index >= 15 is 0 Å². The first-order valence-electron chi connectivity index (χ1n) is 8.12. The smallest absolute Gasteiger partial charge is 0.275 e. The first-order valence-corrected chi connectivity index (χ1v) is 10.5. The Morgan fingerprint density at radius 3 is 2.32 bits per heavy atom. The van der Waals surface area contributed by atoms with Gasteiger partial charge in [0.25, 0.3) is 5.69 Å². The van der Waals surface area contributed by atoms with Crippen LogP contribution < -0.4 is 4.74 Å². The number of methoxy groups -OCH3 is 1. The van der Waals surface area contributed by atoms with Crippen LogP contribution in [0, 0.1) is 15.5 Å². The molecule has 1 aromatic rings. The molecule has 0 aromatic heterocycles. The average molecular weight is 370 g/mol. The second-order valence-electron chi connectivity index (χ2n) is 7.29. The van der Waals surface area contributed by atoms with Crippen LogP contribution in [0.4, 0.5) is 5.69 Å². The predicted molar refractivity (Wildman–Crippen MR) is 97.2 cm³/mol. The fourth-order valence-electron chi connectivity index (χ4n) is 2.61. The summed E-state index contributed by atoms with van der Waals surface area (Å²) < 4.78 is 11.5. The standard InChI is InChI=1S/C17H28NO6Si/c1-17(2,3)16(24-25(5)6)13-9-15(23-4)11(7-12(20)10-19)8-14(13)18(21)22/h8-9,12,16,19-20H,7,10H2,1-6H3. The summed E-state index contributed by atoms with van der Waals surface area (Å²) in [6.45, 7) is 9.47. The fraction of sp³-hybridized carbons (Fsp3) is 0.647. The number of rotatable bonds is 8. The Morgan fingerprint density at radius 1 is 1.32 bits per heavy atom. The predicted octanol–water partition coefficient (Wildman–Crippen LogP) is 2.85. The van der Waals surface area contributed by atoms with Crippen LogP contribution in [0.3, 0.4) is 0 Å². The van der Waals surface area contributed by atoms with Crippen molar-refractivity contribution >= 4 is 14.7 Å². The molecular formula is C17H28NO6Si. The molecule has 0 aliphatic rings. The van der Waals surface area contributed by atoms with Gasteiger partial charge in [0.15, 0.2) is 0 Å². The van der Waals surface area contributed by atoms with Crippen LogP contribution in [0.5, 0.6) is 5.75 Å². The Bertz CT molecular complexity index is 600. The number of hydrogen-bond donors (Lipinski definition) is 2. The monoisotopic (exact) mass is 370 g/mol. The van der Waals surface area contributed by atoms with Gasteiger partial charge in [-0.2, -0.15) is 0 Å². The van der Waals surface area contributed by atoms with Gasteiger partial charge in [0.05, 0.1) is 36.4 Å². The molecule has 1 rings (SSSR count). The van der Waals surface area contributed by atoms with Crippen LogP contribution in [0.2, 0.25) is 13.1 Å². The van der Waals surface area contributed by atoms with Gasteiger partial charge in [0.1, 0.15) is 5.75 Å². The molecule has 1 radical (unpaired) electrons. The molecule has 7 nitrogen and oxygen atoms in total. The first kappa shape index (κ1) is 21.6. The Kier molecular flexibility index (Phi) is 7.55. The second kappa shape index (κ2) is 8.75. The number of ether oxygens (including phenoxy) is 1. The molecule has 1 aromatic carbocycles. The molecule has 2 N–H and O–H groups in total. The molecule has 0 aliphatic heterocycles. The normalized spacial score (nSPS) is 14.4. The van der Waals surface area contributed by atoms with Gasteiger partial charge in [0.2, 0.25) is 9.04 Å². The zero-order valence-electron chi connectivity index (χ0n) is 15.7. The number of aliphatic hydroxyl groups excluding tert-OH is 2. The summed E-state index contributed by atoms with van der Waals surface area (Å²) in [6, 6.07) is 3.03. The van der Waals surface area contributed by atoms with Gasteiger partial charge in [0, 0.05) is 18.1 Å². The topological polar surface area (TPSA) is 102 Å². The number of aliphatic hydroxyl groups is 2. The summed E-state index contributed by atoms with van der Waals surface area (Å²) >= 11 is 0. The Hall–Kier alpha value is -1.48. The molecule has 141 valence electrons. The van der Waals surface area contributed by atoms with Gasteiger partial charge in [-0.05, 0) is 24.6 Å². The van der Waals surface area contributed by atoms with Gasteiger partial charge in [-0.25, -0.2) is 0 Å². The van der Waals surface area contributed by atoms with Crippen LogP contribution in [0.25, 0.3) is 0 Å². The maximum Gasteiger partial charge on any atom is 0.275 e. The summed E-state index contributed by atoms with van der Waals surface area (Å²) in [6.07, 6.45) is -1.39. The number of benzene rings is 1. The van der Waals surface area contributed by atoms with E-state index in [0.717, 1.165) is 0 Å². The molecule has 0 saturated carbocycles. The van der Waals surface area contributed by atoms with Crippen LogP contribution in [-0.4, -0.2) is 44.0 Å². The van der Waals surface area contributed by atoms with Crippen molar-refractivity contribution in [3.8, 4) is 5.75 Å². The zero-order chi connectivity index (χ0) is 19.4. The highest BCUT2D eigenvalue weighted by Gasteiger charge is 2.34. The summed E-state index contributed by atoms with van der Waals surface area (Å²) in [5.74, 6) is 0.437. The summed E-state index contributed by atoms with van der Waals surface area (Å²) in [5.41, 5.74) is 0.529. The zero-order valence-corrected chi connectivity index (χ0v) is 16.7. The van der Waals surface area contributed by atoms with Crippen LogP contribution in [0.15, 0.2) is 12.1 Å². The van der Waals surface area contributed by atoms with Gasteiger partial charge >= 0.3 is 0 Å². The molecular weight excluding hydrogens is 342 g/mol. The van der Waals surface area contributed by atoms with Crippen molar-refractivity contribution in [2.24, 2.45) is 5.41 Å². The van der Waals surface area contributed by atoms with E-state index in [1.807, 2.05) is 33.9 Å². The van der Waals surface area contributed by atoms with Crippen LogP contribution in [-0.2, 0) is 10.8 Å². The maximum absolute atomic E-state index is 11.7. The number of hydrogen-bond acceptors (Lipinski definition) is 6. The first-order chi connectivity index (χ1) is 11.5. The van der Waals surface area contributed by atoms with E-state index in [2.05, 4.69) is 0 Å². The molecule has 0 fully saturated rings. The van der Waals surface area contributed by atoms with Crippen LogP contribution >= 0.6 is 0 Å². The Balaban J connectivity index is 3.54. The largest absolute Gasteiger partial charge is 0.496 e. The van der Waals surface area contributed by atoms with Crippen molar-refractivity contribution in [2.75, 3.05) is 13.7 Å². The highest BCUT2D eigenvalue weighted by molar-refractivity contribution is 6.48. The second-order valence-corrected chi connectivity index (χ2v) is 9.34. The van der Waals surface area contributed by atoms with Crippen LogP contribution in [0.1, 0.15) is 38.0 Å². The highest BCUT2D eigenvalue weighted by Crippen LogP contribution is 2.43. The van der Waals surface area contributed by atoms with E-state index in [4.69, 9.17) is 14.3 Å². The molecule has 2 atom stereocenters. The minimum atomic E-state index is -1.09. The fourth-order valence-corrected chi connectivity index (χ4v) is 3.56. The number of nitro benzene ring substituents is 1. The van der Waals surface area contributed by atoms with E-state index in [1.54, 1.807) is 6.07 Å².